The third-order valence-electron chi connectivity index (χ3n) is 2.96. The predicted octanol–water partition coefficient (Wildman–Crippen LogP) is 1.10. The maximum Gasteiger partial charge on any atom is 0.252 e. The molecule has 2 amide bonds. The molecular weight excluding hydrogens is 264 g/mol. The molecule has 1 atom stereocenters. The second-order valence-electron chi connectivity index (χ2n) is 4.41. The summed E-state index contributed by atoms with van der Waals surface area (Å²) in [6.45, 7) is 2.22. The average Bonchev–Trinajstić information content (AvgIpc) is 2.95. The Kier molecular flexibility index (Phi) is 6.52. The number of aliphatic hydroxyl groups excluding tert-OH is 1. The first-order valence-corrected chi connectivity index (χ1v) is 7.17. The predicted molar refractivity (Wildman–Crippen MR) is 75.2 cm³/mol. The minimum Gasteiger partial charge on any atom is -0.394 e. The molecule has 106 valence electrons. The van der Waals surface area contributed by atoms with Crippen molar-refractivity contribution in [2.24, 2.45) is 0 Å². The van der Waals surface area contributed by atoms with Crippen molar-refractivity contribution >= 4 is 23.2 Å². The molecule has 0 spiro atoms. The van der Waals surface area contributed by atoms with E-state index >= 15 is 0 Å². The van der Waals surface area contributed by atoms with Gasteiger partial charge in [0.2, 0.25) is 5.91 Å². The molecule has 1 aromatic rings. The first-order chi connectivity index (χ1) is 9.06. The summed E-state index contributed by atoms with van der Waals surface area (Å²) in [6, 6.07) is 1.59. The van der Waals surface area contributed by atoms with Crippen LogP contribution in [-0.4, -0.2) is 48.1 Å². The van der Waals surface area contributed by atoms with Gasteiger partial charge in [-0.1, -0.05) is 0 Å². The zero-order chi connectivity index (χ0) is 14.3. The van der Waals surface area contributed by atoms with Crippen LogP contribution in [0.25, 0.3) is 0 Å². The second kappa shape index (κ2) is 7.91. The van der Waals surface area contributed by atoms with E-state index in [4.69, 9.17) is 5.11 Å². The minimum absolute atomic E-state index is 0.0219. The Hall–Kier alpha value is -1.40. The van der Waals surface area contributed by atoms with Gasteiger partial charge in [-0.05, 0) is 24.8 Å². The van der Waals surface area contributed by atoms with E-state index in [2.05, 4.69) is 5.32 Å². The molecule has 1 heterocycles. The Morgan fingerprint density at radius 1 is 1.53 bits per heavy atom. The molecule has 6 heteroatoms. The van der Waals surface area contributed by atoms with Crippen LogP contribution in [0.15, 0.2) is 16.8 Å². The van der Waals surface area contributed by atoms with Gasteiger partial charge in [-0.15, -0.1) is 0 Å². The number of nitrogens with one attached hydrogen (secondary N) is 1. The number of amides is 2. The largest absolute Gasteiger partial charge is 0.394 e. The molecule has 0 aliphatic carbocycles. The molecule has 19 heavy (non-hydrogen) atoms. The fraction of sp³-hybridized carbons (Fsp3) is 0.538. The van der Waals surface area contributed by atoms with Gasteiger partial charge in [-0.3, -0.25) is 9.59 Å². The highest BCUT2D eigenvalue weighted by Gasteiger charge is 2.14. The summed E-state index contributed by atoms with van der Waals surface area (Å²) in [6.07, 6.45) is 0.960. The fourth-order valence-corrected chi connectivity index (χ4v) is 2.12. The summed E-state index contributed by atoms with van der Waals surface area (Å²) in [5.74, 6) is -0.128. The standard InChI is InChI=1S/C13H20N2O3S/c1-10(8-16)15(2)12(17)4-3-6-14-13(18)11-5-7-19-9-11/h5,7,9-10,16H,3-4,6,8H2,1-2H3,(H,14,18). The van der Waals surface area contributed by atoms with Gasteiger partial charge >= 0.3 is 0 Å². The number of rotatable bonds is 7. The first-order valence-electron chi connectivity index (χ1n) is 6.23. The van der Waals surface area contributed by atoms with E-state index in [1.165, 1.54) is 16.2 Å². The number of nitrogens with zero attached hydrogens (tertiary/aromatic N) is 1. The van der Waals surface area contributed by atoms with Gasteiger partial charge in [-0.25, -0.2) is 0 Å². The third kappa shape index (κ3) is 5.00. The molecule has 1 unspecified atom stereocenters. The van der Waals surface area contributed by atoms with Gasteiger partial charge in [0, 0.05) is 31.0 Å². The van der Waals surface area contributed by atoms with Crippen molar-refractivity contribution in [1.82, 2.24) is 10.2 Å². The Balaban J connectivity index is 2.20. The number of thiophene rings is 1. The van der Waals surface area contributed by atoms with Crippen LogP contribution in [0.1, 0.15) is 30.1 Å². The molecule has 2 N–H and O–H groups in total. The lowest BCUT2D eigenvalue weighted by atomic mass is 10.2. The van der Waals surface area contributed by atoms with E-state index in [0.717, 1.165) is 0 Å². The van der Waals surface area contributed by atoms with Gasteiger partial charge in [0.1, 0.15) is 0 Å². The van der Waals surface area contributed by atoms with E-state index in [1.54, 1.807) is 25.4 Å². The van der Waals surface area contributed by atoms with Crippen LogP contribution in [0.3, 0.4) is 0 Å². The highest BCUT2D eigenvalue weighted by molar-refractivity contribution is 7.08. The molecule has 0 aliphatic rings. The van der Waals surface area contributed by atoms with Gasteiger partial charge in [0.05, 0.1) is 12.6 Å². The Labute approximate surface area is 117 Å². The maximum atomic E-state index is 11.7. The zero-order valence-electron chi connectivity index (χ0n) is 11.3. The SMILES string of the molecule is CC(CO)N(C)C(=O)CCCNC(=O)c1ccsc1. The second-order valence-corrected chi connectivity index (χ2v) is 5.19. The van der Waals surface area contributed by atoms with Crippen molar-refractivity contribution in [2.45, 2.75) is 25.8 Å². The number of likely N-dealkylation sites (N-methyl/N-ethyl adjacent to an activating group) is 1. The van der Waals surface area contributed by atoms with Gasteiger partial charge < -0.3 is 15.3 Å². The third-order valence-corrected chi connectivity index (χ3v) is 3.64. The average molecular weight is 284 g/mol. The number of carbonyl (C=O) groups excluding carboxylic acids is 2. The van der Waals surface area contributed by atoms with E-state index in [-0.39, 0.29) is 24.5 Å². The lowest BCUT2D eigenvalue weighted by Crippen LogP contribution is -2.37. The molecule has 1 aromatic heterocycles. The monoisotopic (exact) mass is 284 g/mol. The quantitative estimate of drug-likeness (QED) is 0.737. The van der Waals surface area contributed by atoms with Gasteiger partial charge in [-0.2, -0.15) is 11.3 Å². The van der Waals surface area contributed by atoms with Gasteiger partial charge in [0.25, 0.3) is 5.91 Å². The molecule has 0 bridgehead atoms. The van der Waals surface area contributed by atoms with Crippen LogP contribution in [0.5, 0.6) is 0 Å². The topological polar surface area (TPSA) is 69.6 Å². The van der Waals surface area contributed by atoms with Crippen molar-refractivity contribution in [3.63, 3.8) is 0 Å². The molecule has 0 radical (unpaired) electrons. The number of aliphatic hydroxyl groups is 1. The van der Waals surface area contributed by atoms with E-state index in [1.807, 2.05) is 5.38 Å². The van der Waals surface area contributed by atoms with E-state index < -0.39 is 0 Å². The molecule has 5 nitrogen and oxygen atoms in total. The van der Waals surface area contributed by atoms with Crippen LogP contribution < -0.4 is 5.32 Å². The molecular formula is C13H20N2O3S. The number of hydrogen-bond donors (Lipinski definition) is 2. The van der Waals surface area contributed by atoms with Crippen LogP contribution in [0, 0.1) is 0 Å². The van der Waals surface area contributed by atoms with E-state index in [0.29, 0.717) is 24.9 Å². The Bertz CT molecular complexity index is 406. The number of hydrogen-bond acceptors (Lipinski definition) is 4. The summed E-state index contributed by atoms with van der Waals surface area (Å²) in [5, 5.41) is 15.4. The zero-order valence-corrected chi connectivity index (χ0v) is 12.1. The van der Waals surface area contributed by atoms with Crippen LogP contribution in [-0.2, 0) is 4.79 Å². The van der Waals surface area contributed by atoms with Crippen LogP contribution in [0.4, 0.5) is 0 Å². The molecule has 0 saturated carbocycles. The minimum atomic E-state index is -0.173. The maximum absolute atomic E-state index is 11.7. The molecule has 1 rings (SSSR count). The highest BCUT2D eigenvalue weighted by atomic mass is 32.1. The first kappa shape index (κ1) is 15.7. The Morgan fingerprint density at radius 3 is 2.84 bits per heavy atom. The van der Waals surface area contributed by atoms with Crippen molar-refractivity contribution in [1.29, 1.82) is 0 Å². The Morgan fingerprint density at radius 2 is 2.26 bits per heavy atom. The highest BCUT2D eigenvalue weighted by Crippen LogP contribution is 2.05. The summed E-state index contributed by atoms with van der Waals surface area (Å²) < 4.78 is 0. The van der Waals surface area contributed by atoms with E-state index in [9.17, 15) is 9.59 Å². The molecule has 0 aromatic carbocycles. The summed E-state index contributed by atoms with van der Waals surface area (Å²) in [5.41, 5.74) is 0.655. The molecule has 0 aliphatic heterocycles. The molecule has 0 fully saturated rings. The lowest BCUT2D eigenvalue weighted by molar-refractivity contribution is -0.132. The fourth-order valence-electron chi connectivity index (χ4n) is 1.48. The molecule has 0 saturated heterocycles. The van der Waals surface area contributed by atoms with Gasteiger partial charge in [0.15, 0.2) is 0 Å². The van der Waals surface area contributed by atoms with Crippen molar-refractivity contribution < 1.29 is 14.7 Å². The smallest absolute Gasteiger partial charge is 0.252 e. The van der Waals surface area contributed by atoms with Crippen LogP contribution in [0.2, 0.25) is 0 Å². The number of carbonyl (C=O) groups is 2. The van der Waals surface area contributed by atoms with Crippen molar-refractivity contribution in [3.05, 3.63) is 22.4 Å². The summed E-state index contributed by atoms with van der Waals surface area (Å²) in [4.78, 5) is 24.9. The van der Waals surface area contributed by atoms with Crippen LogP contribution >= 0.6 is 11.3 Å². The summed E-state index contributed by atoms with van der Waals surface area (Å²) >= 11 is 1.48. The van der Waals surface area contributed by atoms with Crippen molar-refractivity contribution in [3.8, 4) is 0 Å². The lowest BCUT2D eigenvalue weighted by Gasteiger charge is -2.23. The van der Waals surface area contributed by atoms with Crippen molar-refractivity contribution in [2.75, 3.05) is 20.2 Å². The summed E-state index contributed by atoms with van der Waals surface area (Å²) in [7, 11) is 1.67. The normalized spacial score (nSPS) is 11.9.